The van der Waals surface area contributed by atoms with Crippen molar-refractivity contribution in [2.75, 3.05) is 5.01 Å². The molecule has 0 saturated carbocycles. The van der Waals surface area contributed by atoms with Crippen LogP contribution in [0.5, 0.6) is 0 Å². The summed E-state index contributed by atoms with van der Waals surface area (Å²) < 4.78 is 0. The van der Waals surface area contributed by atoms with Crippen LogP contribution in [0.15, 0.2) is 46.3 Å². The number of benzene rings is 1. The number of aliphatic hydroxyl groups excluding tert-OH is 1. The van der Waals surface area contributed by atoms with Gasteiger partial charge in [-0.25, -0.2) is 5.01 Å². The first-order valence-corrected chi connectivity index (χ1v) is 4.82. The van der Waals surface area contributed by atoms with Gasteiger partial charge in [-0.15, -0.1) is 12.6 Å². The molecule has 0 aliphatic carbocycles. The molecule has 1 aromatic rings. The average Bonchev–Trinajstić information content (AvgIpc) is 2.26. The Labute approximate surface area is 94.1 Å². The van der Waals surface area contributed by atoms with Crippen LogP contribution in [-0.4, -0.2) is 11.3 Å². The highest BCUT2D eigenvalue weighted by Crippen LogP contribution is 2.19. The van der Waals surface area contributed by atoms with E-state index in [0.717, 1.165) is 11.1 Å². The number of hydrogen-bond acceptors (Lipinski definition) is 5. The number of thiol groups is 1. The lowest BCUT2D eigenvalue weighted by Crippen LogP contribution is -2.16. The van der Waals surface area contributed by atoms with E-state index in [9.17, 15) is 5.11 Å². The van der Waals surface area contributed by atoms with E-state index in [4.69, 9.17) is 5.73 Å². The predicted octanol–water partition coefficient (Wildman–Crippen LogP) is 2.10. The molecule has 0 aromatic heterocycles. The smallest absolute Gasteiger partial charge is 0.228 e. The summed E-state index contributed by atoms with van der Waals surface area (Å²) in [4.78, 5) is 0.843. The van der Waals surface area contributed by atoms with Crippen molar-refractivity contribution in [3.63, 3.8) is 0 Å². The van der Waals surface area contributed by atoms with Crippen LogP contribution in [0.4, 0.5) is 5.69 Å². The molecule has 15 heavy (non-hydrogen) atoms. The van der Waals surface area contributed by atoms with Crippen LogP contribution in [0.3, 0.4) is 0 Å². The van der Waals surface area contributed by atoms with Crippen molar-refractivity contribution in [1.29, 1.82) is 0 Å². The number of nitrogens with two attached hydrogens (primary N) is 1. The predicted molar refractivity (Wildman–Crippen MR) is 65.2 cm³/mol. The Kier molecular flexibility index (Phi) is 4.05. The average molecular weight is 223 g/mol. The van der Waals surface area contributed by atoms with Crippen molar-refractivity contribution in [2.45, 2.75) is 11.8 Å². The standard InChI is InChI=1S/C10H13N3OS/c1-2-12-13(10(14)7-11)8-3-5-9(15)6-4-8/h2-7,14-15H,11H2,1H3/b10-7-,12-2+. The molecule has 3 N–H and O–H groups in total. The number of nitrogens with zero attached hydrogens (tertiary/aromatic N) is 2. The van der Waals surface area contributed by atoms with Gasteiger partial charge in [-0.05, 0) is 31.2 Å². The Morgan fingerprint density at radius 1 is 1.47 bits per heavy atom. The fourth-order valence-electron chi connectivity index (χ4n) is 1.04. The monoisotopic (exact) mass is 223 g/mol. The van der Waals surface area contributed by atoms with E-state index < -0.39 is 0 Å². The van der Waals surface area contributed by atoms with E-state index in [1.54, 1.807) is 37.4 Å². The summed E-state index contributed by atoms with van der Waals surface area (Å²) in [6.07, 6.45) is 2.65. The van der Waals surface area contributed by atoms with E-state index >= 15 is 0 Å². The molecule has 1 aromatic carbocycles. The fourth-order valence-corrected chi connectivity index (χ4v) is 1.19. The number of aliphatic hydroxyl groups is 1. The molecule has 4 nitrogen and oxygen atoms in total. The molecule has 1 rings (SSSR count). The van der Waals surface area contributed by atoms with Crippen molar-refractivity contribution in [3.05, 3.63) is 36.3 Å². The third kappa shape index (κ3) is 2.92. The second-order valence-electron chi connectivity index (χ2n) is 2.73. The zero-order valence-electron chi connectivity index (χ0n) is 8.33. The van der Waals surface area contributed by atoms with Crippen molar-refractivity contribution < 1.29 is 5.11 Å². The third-order valence-electron chi connectivity index (χ3n) is 1.69. The quantitative estimate of drug-likeness (QED) is 0.318. The number of anilines is 1. The largest absolute Gasteiger partial charge is 0.492 e. The molecule has 0 saturated heterocycles. The van der Waals surface area contributed by atoms with Crippen LogP contribution < -0.4 is 10.7 Å². The zero-order chi connectivity index (χ0) is 11.3. The first-order chi connectivity index (χ1) is 7.19. The van der Waals surface area contributed by atoms with E-state index in [1.807, 2.05) is 0 Å². The van der Waals surface area contributed by atoms with Gasteiger partial charge in [0.05, 0.1) is 11.9 Å². The first-order valence-electron chi connectivity index (χ1n) is 4.37. The van der Waals surface area contributed by atoms with Crippen LogP contribution in [0.25, 0.3) is 0 Å². The van der Waals surface area contributed by atoms with Crippen molar-refractivity contribution in [1.82, 2.24) is 0 Å². The zero-order valence-corrected chi connectivity index (χ0v) is 9.22. The first kappa shape index (κ1) is 11.5. The maximum Gasteiger partial charge on any atom is 0.228 e. The lowest BCUT2D eigenvalue weighted by Gasteiger charge is -2.16. The lowest BCUT2D eigenvalue weighted by molar-refractivity contribution is 0.390. The summed E-state index contributed by atoms with van der Waals surface area (Å²) in [5.74, 6) is -0.125. The summed E-state index contributed by atoms with van der Waals surface area (Å²) in [6.45, 7) is 1.75. The van der Waals surface area contributed by atoms with Gasteiger partial charge in [0.25, 0.3) is 0 Å². The van der Waals surface area contributed by atoms with Gasteiger partial charge in [-0.1, -0.05) is 0 Å². The second kappa shape index (κ2) is 5.31. The van der Waals surface area contributed by atoms with Crippen molar-refractivity contribution in [2.24, 2.45) is 10.8 Å². The van der Waals surface area contributed by atoms with Gasteiger partial charge in [0.1, 0.15) is 0 Å². The van der Waals surface area contributed by atoms with Gasteiger partial charge in [-0.3, -0.25) is 0 Å². The lowest BCUT2D eigenvalue weighted by atomic mass is 10.3. The Morgan fingerprint density at radius 2 is 2.07 bits per heavy atom. The summed E-state index contributed by atoms with van der Waals surface area (Å²) in [5.41, 5.74) is 5.94. The van der Waals surface area contributed by atoms with E-state index in [0.29, 0.717) is 5.69 Å². The molecular weight excluding hydrogens is 210 g/mol. The van der Waals surface area contributed by atoms with E-state index in [-0.39, 0.29) is 5.88 Å². The van der Waals surface area contributed by atoms with Crippen LogP contribution in [0.2, 0.25) is 0 Å². The third-order valence-corrected chi connectivity index (χ3v) is 1.99. The van der Waals surface area contributed by atoms with E-state index in [2.05, 4.69) is 17.7 Å². The summed E-state index contributed by atoms with van der Waals surface area (Å²) in [6, 6.07) is 7.19. The number of hydrazone groups is 1. The van der Waals surface area contributed by atoms with Crippen LogP contribution >= 0.6 is 12.6 Å². The maximum absolute atomic E-state index is 9.50. The Bertz CT molecular complexity index is 373. The minimum Gasteiger partial charge on any atom is -0.492 e. The van der Waals surface area contributed by atoms with Crippen LogP contribution in [0, 0.1) is 0 Å². The van der Waals surface area contributed by atoms with Gasteiger partial charge in [0, 0.05) is 11.1 Å². The highest BCUT2D eigenvalue weighted by Gasteiger charge is 2.07. The highest BCUT2D eigenvalue weighted by atomic mass is 32.1. The van der Waals surface area contributed by atoms with Gasteiger partial charge in [0.2, 0.25) is 5.88 Å². The fraction of sp³-hybridized carbons (Fsp3) is 0.100. The molecular formula is C10H13N3OS. The molecule has 5 heteroatoms. The summed E-state index contributed by atoms with van der Waals surface area (Å²) in [7, 11) is 0. The van der Waals surface area contributed by atoms with Crippen molar-refractivity contribution in [3.8, 4) is 0 Å². The number of hydrogen-bond donors (Lipinski definition) is 3. The van der Waals surface area contributed by atoms with Gasteiger partial charge >= 0.3 is 0 Å². The molecule has 0 fully saturated rings. The van der Waals surface area contributed by atoms with Crippen LogP contribution in [-0.2, 0) is 0 Å². The molecule has 80 valence electrons. The summed E-state index contributed by atoms with van der Waals surface area (Å²) >= 11 is 4.17. The minimum atomic E-state index is -0.125. The van der Waals surface area contributed by atoms with Gasteiger partial charge in [0.15, 0.2) is 0 Å². The molecule has 0 bridgehead atoms. The molecule has 0 spiro atoms. The normalized spacial score (nSPS) is 12.0. The van der Waals surface area contributed by atoms with Crippen LogP contribution in [0.1, 0.15) is 6.92 Å². The Hall–Kier alpha value is -1.62. The summed E-state index contributed by atoms with van der Waals surface area (Å²) in [5, 5.41) is 14.8. The minimum absolute atomic E-state index is 0.125. The molecule has 0 heterocycles. The molecule has 0 radical (unpaired) electrons. The Morgan fingerprint density at radius 3 is 2.53 bits per heavy atom. The molecule has 0 unspecified atom stereocenters. The second-order valence-corrected chi connectivity index (χ2v) is 3.24. The topological polar surface area (TPSA) is 61.8 Å². The molecule has 0 aliphatic heterocycles. The Balaban J connectivity index is 3.04. The molecule has 0 amide bonds. The van der Waals surface area contributed by atoms with E-state index in [1.165, 1.54) is 5.01 Å². The maximum atomic E-state index is 9.50. The molecule has 0 atom stereocenters. The van der Waals surface area contributed by atoms with Crippen molar-refractivity contribution >= 4 is 24.5 Å². The van der Waals surface area contributed by atoms with Gasteiger partial charge < -0.3 is 10.8 Å². The SMILES string of the molecule is C/C=N/N(/C(O)=C/N)c1ccc(S)cc1. The molecule has 0 aliphatic rings. The number of rotatable bonds is 3. The van der Waals surface area contributed by atoms with Gasteiger partial charge in [-0.2, -0.15) is 5.10 Å². The highest BCUT2D eigenvalue weighted by molar-refractivity contribution is 7.80.